The fourth-order valence-corrected chi connectivity index (χ4v) is 1.74. The van der Waals surface area contributed by atoms with Crippen LogP contribution in [0, 0.1) is 12.7 Å². The predicted octanol–water partition coefficient (Wildman–Crippen LogP) is 3.40. The molecule has 2 rings (SSSR count). The first-order chi connectivity index (χ1) is 9.10. The Morgan fingerprint density at radius 2 is 2.00 bits per heavy atom. The number of rotatable bonds is 3. The summed E-state index contributed by atoms with van der Waals surface area (Å²) in [6.07, 6.45) is 0. The molecule has 4 heteroatoms. The number of benzene rings is 2. The highest BCUT2D eigenvalue weighted by molar-refractivity contribution is 6.05. The summed E-state index contributed by atoms with van der Waals surface area (Å²) >= 11 is 0. The van der Waals surface area contributed by atoms with E-state index in [1.54, 1.807) is 44.4 Å². The van der Waals surface area contributed by atoms with Crippen LogP contribution in [0.4, 0.5) is 10.1 Å². The molecule has 2 aromatic rings. The molecule has 19 heavy (non-hydrogen) atoms. The van der Waals surface area contributed by atoms with Gasteiger partial charge in [0.05, 0.1) is 7.11 Å². The van der Waals surface area contributed by atoms with Gasteiger partial charge in [0.1, 0.15) is 11.6 Å². The lowest BCUT2D eigenvalue weighted by Gasteiger charge is -2.09. The van der Waals surface area contributed by atoms with Gasteiger partial charge in [0.25, 0.3) is 5.91 Å². The molecule has 0 radical (unpaired) electrons. The van der Waals surface area contributed by atoms with Crippen LogP contribution in [-0.4, -0.2) is 13.0 Å². The molecule has 3 nitrogen and oxygen atoms in total. The summed E-state index contributed by atoms with van der Waals surface area (Å²) in [5.41, 5.74) is 1.65. The van der Waals surface area contributed by atoms with Gasteiger partial charge in [0.15, 0.2) is 0 Å². The number of amides is 1. The van der Waals surface area contributed by atoms with Crippen LogP contribution in [0.3, 0.4) is 0 Å². The summed E-state index contributed by atoms with van der Waals surface area (Å²) < 4.78 is 18.2. The monoisotopic (exact) mass is 259 g/mol. The van der Waals surface area contributed by atoms with Crippen molar-refractivity contribution in [2.45, 2.75) is 6.92 Å². The van der Waals surface area contributed by atoms with Gasteiger partial charge in [-0.25, -0.2) is 4.39 Å². The molecule has 0 aliphatic rings. The Balaban J connectivity index is 2.23. The Kier molecular flexibility index (Phi) is 3.80. The van der Waals surface area contributed by atoms with E-state index in [9.17, 15) is 9.18 Å². The van der Waals surface area contributed by atoms with Crippen LogP contribution in [-0.2, 0) is 0 Å². The number of carbonyl (C=O) groups is 1. The Morgan fingerprint density at radius 1 is 1.21 bits per heavy atom. The van der Waals surface area contributed by atoms with Crippen molar-refractivity contribution in [2.24, 2.45) is 0 Å². The molecule has 0 heterocycles. The highest BCUT2D eigenvalue weighted by atomic mass is 19.1. The van der Waals surface area contributed by atoms with Crippen LogP contribution < -0.4 is 10.1 Å². The standard InChI is InChI=1S/C15H14FNO2/c1-10-6-7-11(16)8-14(10)15(18)17-12-4-3-5-13(9-12)19-2/h3-9H,1-2H3,(H,17,18). The minimum atomic E-state index is -0.429. The fraction of sp³-hybridized carbons (Fsp3) is 0.133. The van der Waals surface area contributed by atoms with E-state index >= 15 is 0 Å². The largest absolute Gasteiger partial charge is 0.497 e. The van der Waals surface area contributed by atoms with Crippen LogP contribution in [0.1, 0.15) is 15.9 Å². The summed E-state index contributed by atoms with van der Waals surface area (Å²) in [7, 11) is 1.55. The quantitative estimate of drug-likeness (QED) is 0.917. The van der Waals surface area contributed by atoms with Crippen molar-refractivity contribution in [1.82, 2.24) is 0 Å². The van der Waals surface area contributed by atoms with Crippen molar-refractivity contribution in [1.29, 1.82) is 0 Å². The number of anilines is 1. The van der Waals surface area contributed by atoms with Gasteiger partial charge in [-0.05, 0) is 36.8 Å². The highest BCUT2D eigenvalue weighted by Crippen LogP contribution is 2.18. The molecule has 0 aliphatic heterocycles. The summed E-state index contributed by atoms with van der Waals surface area (Å²) in [6, 6.07) is 11.1. The maximum absolute atomic E-state index is 13.2. The van der Waals surface area contributed by atoms with Crippen molar-refractivity contribution >= 4 is 11.6 Å². The molecule has 1 N–H and O–H groups in total. The molecule has 0 saturated heterocycles. The third-order valence-electron chi connectivity index (χ3n) is 2.77. The van der Waals surface area contributed by atoms with E-state index in [0.717, 1.165) is 5.56 Å². The zero-order valence-electron chi connectivity index (χ0n) is 10.7. The second-order valence-electron chi connectivity index (χ2n) is 4.15. The van der Waals surface area contributed by atoms with E-state index in [1.807, 2.05) is 0 Å². The first-order valence-corrected chi connectivity index (χ1v) is 5.81. The number of hydrogen-bond acceptors (Lipinski definition) is 2. The number of hydrogen-bond donors (Lipinski definition) is 1. The summed E-state index contributed by atoms with van der Waals surface area (Å²) in [4.78, 5) is 12.1. The predicted molar refractivity (Wildman–Crippen MR) is 72.1 cm³/mol. The minimum absolute atomic E-state index is 0.322. The molecular formula is C15H14FNO2. The van der Waals surface area contributed by atoms with Crippen molar-refractivity contribution in [3.05, 3.63) is 59.4 Å². The minimum Gasteiger partial charge on any atom is -0.497 e. The molecule has 2 aromatic carbocycles. The first-order valence-electron chi connectivity index (χ1n) is 5.81. The van der Waals surface area contributed by atoms with Gasteiger partial charge in [0.2, 0.25) is 0 Å². The Hall–Kier alpha value is -2.36. The van der Waals surface area contributed by atoms with Crippen LogP contribution in [0.2, 0.25) is 0 Å². The molecule has 0 spiro atoms. The Labute approximate surface area is 111 Å². The summed E-state index contributed by atoms with van der Waals surface area (Å²) in [5, 5.41) is 2.72. The number of aryl methyl sites for hydroxylation is 1. The number of methoxy groups -OCH3 is 1. The van der Waals surface area contributed by atoms with E-state index < -0.39 is 5.82 Å². The SMILES string of the molecule is COc1cccc(NC(=O)c2cc(F)ccc2C)c1. The third kappa shape index (κ3) is 3.10. The topological polar surface area (TPSA) is 38.3 Å². The van der Waals surface area contributed by atoms with Crippen molar-refractivity contribution in [3.8, 4) is 5.75 Å². The Bertz CT molecular complexity index is 611. The van der Waals surface area contributed by atoms with Crippen molar-refractivity contribution in [2.75, 3.05) is 12.4 Å². The average molecular weight is 259 g/mol. The van der Waals surface area contributed by atoms with E-state index in [1.165, 1.54) is 12.1 Å². The molecule has 0 bridgehead atoms. The maximum Gasteiger partial charge on any atom is 0.256 e. The van der Waals surface area contributed by atoms with Gasteiger partial charge in [0, 0.05) is 17.3 Å². The molecule has 0 fully saturated rings. The average Bonchev–Trinajstić information content (AvgIpc) is 2.41. The number of halogens is 1. The number of carbonyl (C=O) groups excluding carboxylic acids is 1. The molecule has 1 amide bonds. The smallest absolute Gasteiger partial charge is 0.256 e. The van der Waals surface area contributed by atoms with Gasteiger partial charge >= 0.3 is 0 Å². The molecule has 0 unspecified atom stereocenters. The molecule has 0 atom stereocenters. The lowest BCUT2D eigenvalue weighted by atomic mass is 10.1. The molecule has 0 aliphatic carbocycles. The molecule has 0 aromatic heterocycles. The second-order valence-corrected chi connectivity index (χ2v) is 4.15. The van der Waals surface area contributed by atoms with Crippen molar-refractivity contribution in [3.63, 3.8) is 0 Å². The Morgan fingerprint density at radius 3 is 2.74 bits per heavy atom. The van der Waals surface area contributed by atoms with Gasteiger partial charge in [-0.15, -0.1) is 0 Å². The van der Waals surface area contributed by atoms with Crippen LogP contribution in [0.15, 0.2) is 42.5 Å². The molecule has 0 saturated carbocycles. The number of nitrogens with one attached hydrogen (secondary N) is 1. The van der Waals surface area contributed by atoms with Gasteiger partial charge in [-0.2, -0.15) is 0 Å². The molecule has 98 valence electrons. The summed E-state index contributed by atoms with van der Waals surface area (Å²) in [5.74, 6) is -0.125. The first kappa shape index (κ1) is 13.1. The molecular weight excluding hydrogens is 245 g/mol. The zero-order valence-corrected chi connectivity index (χ0v) is 10.7. The zero-order chi connectivity index (χ0) is 13.8. The maximum atomic E-state index is 13.2. The second kappa shape index (κ2) is 5.52. The van der Waals surface area contributed by atoms with E-state index in [4.69, 9.17) is 4.74 Å². The van der Waals surface area contributed by atoms with E-state index in [-0.39, 0.29) is 5.91 Å². The fourth-order valence-electron chi connectivity index (χ4n) is 1.74. The highest BCUT2D eigenvalue weighted by Gasteiger charge is 2.10. The van der Waals surface area contributed by atoms with E-state index in [0.29, 0.717) is 17.0 Å². The number of ether oxygens (including phenoxy) is 1. The van der Waals surface area contributed by atoms with Crippen LogP contribution in [0.5, 0.6) is 5.75 Å². The van der Waals surface area contributed by atoms with Gasteiger partial charge in [-0.3, -0.25) is 4.79 Å². The normalized spacial score (nSPS) is 10.1. The lowest BCUT2D eigenvalue weighted by molar-refractivity contribution is 0.102. The van der Waals surface area contributed by atoms with E-state index in [2.05, 4.69) is 5.32 Å². The van der Waals surface area contributed by atoms with Gasteiger partial charge < -0.3 is 10.1 Å². The van der Waals surface area contributed by atoms with Crippen molar-refractivity contribution < 1.29 is 13.9 Å². The van der Waals surface area contributed by atoms with Gasteiger partial charge in [-0.1, -0.05) is 12.1 Å². The van der Waals surface area contributed by atoms with Crippen LogP contribution >= 0.6 is 0 Å². The summed E-state index contributed by atoms with van der Waals surface area (Å²) in [6.45, 7) is 1.76. The third-order valence-corrected chi connectivity index (χ3v) is 2.77. The van der Waals surface area contributed by atoms with Crippen LogP contribution in [0.25, 0.3) is 0 Å². The lowest BCUT2D eigenvalue weighted by Crippen LogP contribution is -2.13.